The van der Waals surface area contributed by atoms with Crippen LogP contribution in [0.1, 0.15) is 26.7 Å². The van der Waals surface area contributed by atoms with Crippen LogP contribution >= 0.6 is 23.4 Å². The maximum Gasteiger partial charge on any atom is 0.234 e. The highest BCUT2D eigenvalue weighted by Gasteiger charge is 2.26. The van der Waals surface area contributed by atoms with Crippen molar-refractivity contribution in [3.05, 3.63) is 41.4 Å². The minimum absolute atomic E-state index is 0.0584. The molecule has 2 heterocycles. The molecule has 0 spiro atoms. The van der Waals surface area contributed by atoms with Gasteiger partial charge in [-0.25, -0.2) is 0 Å². The molecule has 0 aliphatic carbocycles. The smallest absolute Gasteiger partial charge is 0.234 e. The van der Waals surface area contributed by atoms with Gasteiger partial charge in [-0.1, -0.05) is 35.5 Å². The Morgan fingerprint density at radius 1 is 1.17 bits per heavy atom. The van der Waals surface area contributed by atoms with Crippen LogP contribution in [0.15, 0.2) is 41.4 Å². The summed E-state index contributed by atoms with van der Waals surface area (Å²) in [5.74, 6) is 1.05. The van der Waals surface area contributed by atoms with Crippen molar-refractivity contribution >= 4 is 46.7 Å². The highest BCUT2D eigenvalue weighted by atomic mass is 35.5. The number of carbonyl (C=O) groups is 2. The van der Waals surface area contributed by atoms with Crippen LogP contribution in [0.4, 0.5) is 11.5 Å². The van der Waals surface area contributed by atoms with E-state index in [1.165, 1.54) is 11.8 Å². The Balaban J connectivity index is 1.46. The molecule has 1 fully saturated rings. The van der Waals surface area contributed by atoms with E-state index in [1.807, 2.05) is 38.1 Å². The van der Waals surface area contributed by atoms with Gasteiger partial charge in [-0.05, 0) is 51.0 Å². The van der Waals surface area contributed by atoms with Crippen LogP contribution in [0.2, 0.25) is 5.02 Å². The largest absolute Gasteiger partial charge is 0.355 e. The zero-order valence-corrected chi connectivity index (χ0v) is 18.7. The molecule has 1 aromatic heterocycles. The van der Waals surface area contributed by atoms with Crippen molar-refractivity contribution in [2.24, 2.45) is 5.92 Å². The summed E-state index contributed by atoms with van der Waals surface area (Å²) in [7, 11) is 0. The van der Waals surface area contributed by atoms with Gasteiger partial charge in [0.05, 0.1) is 16.5 Å². The van der Waals surface area contributed by atoms with E-state index in [1.54, 1.807) is 12.1 Å². The number of benzene rings is 1. The second-order valence-corrected chi connectivity index (χ2v) is 8.87. The summed E-state index contributed by atoms with van der Waals surface area (Å²) in [4.78, 5) is 26.4. The molecule has 0 bridgehead atoms. The van der Waals surface area contributed by atoms with Gasteiger partial charge in [-0.2, -0.15) is 0 Å². The summed E-state index contributed by atoms with van der Waals surface area (Å²) in [6, 6.07) is 11.1. The first-order valence-corrected chi connectivity index (χ1v) is 11.3. The molecule has 0 radical (unpaired) electrons. The number of amides is 2. The lowest BCUT2D eigenvalue weighted by atomic mass is 9.95. The van der Waals surface area contributed by atoms with E-state index in [-0.39, 0.29) is 29.5 Å². The van der Waals surface area contributed by atoms with E-state index in [0.717, 1.165) is 31.7 Å². The highest BCUT2D eigenvalue weighted by molar-refractivity contribution is 7.99. The predicted octanol–water partition coefficient (Wildman–Crippen LogP) is 3.60. The quantitative estimate of drug-likeness (QED) is 0.630. The van der Waals surface area contributed by atoms with E-state index >= 15 is 0 Å². The van der Waals surface area contributed by atoms with Crippen molar-refractivity contribution in [2.75, 3.05) is 29.1 Å². The standard InChI is InChI=1S/C21H26ClN5O2S/c1-14(2)23-21(29)15-9-11-27(12-10-15)18-7-8-20(26-25-18)30-13-19(28)24-17-6-4-3-5-16(17)22/h3-8,14-15H,9-13H2,1-2H3,(H,23,29)(H,24,28). The molecule has 0 saturated carbocycles. The van der Waals surface area contributed by atoms with Crippen molar-refractivity contribution in [3.8, 4) is 0 Å². The minimum Gasteiger partial charge on any atom is -0.355 e. The van der Waals surface area contributed by atoms with E-state index in [4.69, 9.17) is 11.6 Å². The summed E-state index contributed by atoms with van der Waals surface area (Å²) in [6.07, 6.45) is 1.61. The first-order valence-electron chi connectivity index (χ1n) is 9.98. The monoisotopic (exact) mass is 447 g/mol. The van der Waals surface area contributed by atoms with Crippen LogP contribution in [0.5, 0.6) is 0 Å². The van der Waals surface area contributed by atoms with Gasteiger partial charge in [-0.15, -0.1) is 10.2 Å². The number of thioether (sulfide) groups is 1. The molecule has 3 rings (SSSR count). The molecule has 7 nitrogen and oxygen atoms in total. The van der Waals surface area contributed by atoms with Gasteiger partial charge in [0.15, 0.2) is 5.82 Å². The topological polar surface area (TPSA) is 87.2 Å². The summed E-state index contributed by atoms with van der Waals surface area (Å²) >= 11 is 7.37. The van der Waals surface area contributed by atoms with Crippen LogP contribution in [0, 0.1) is 5.92 Å². The van der Waals surface area contributed by atoms with Crippen LogP contribution in [-0.4, -0.2) is 46.9 Å². The number of carbonyl (C=O) groups excluding carboxylic acids is 2. The predicted molar refractivity (Wildman–Crippen MR) is 121 cm³/mol. The lowest BCUT2D eigenvalue weighted by Crippen LogP contribution is -2.42. The van der Waals surface area contributed by atoms with Crippen molar-refractivity contribution in [3.63, 3.8) is 0 Å². The van der Waals surface area contributed by atoms with Gasteiger partial charge in [0.1, 0.15) is 5.03 Å². The Morgan fingerprint density at radius 3 is 2.53 bits per heavy atom. The normalized spacial score (nSPS) is 14.6. The van der Waals surface area contributed by atoms with Gasteiger partial charge in [0, 0.05) is 25.0 Å². The molecule has 1 aliphatic rings. The van der Waals surface area contributed by atoms with Gasteiger partial charge in [0.25, 0.3) is 0 Å². The van der Waals surface area contributed by atoms with Gasteiger partial charge in [-0.3, -0.25) is 9.59 Å². The number of rotatable bonds is 7. The molecule has 2 amide bonds. The number of nitrogens with zero attached hydrogens (tertiary/aromatic N) is 3. The number of piperidine rings is 1. The van der Waals surface area contributed by atoms with Crippen LogP contribution in [-0.2, 0) is 9.59 Å². The number of hydrogen-bond donors (Lipinski definition) is 2. The molecule has 2 N–H and O–H groups in total. The molecule has 1 saturated heterocycles. The lowest BCUT2D eigenvalue weighted by molar-refractivity contribution is -0.126. The molecule has 1 aliphatic heterocycles. The molecule has 2 aromatic rings. The van der Waals surface area contributed by atoms with E-state index in [9.17, 15) is 9.59 Å². The Kier molecular flexibility index (Phi) is 7.93. The van der Waals surface area contributed by atoms with E-state index in [0.29, 0.717) is 15.7 Å². The number of hydrogen-bond acceptors (Lipinski definition) is 6. The minimum atomic E-state index is -0.152. The molecular weight excluding hydrogens is 422 g/mol. The second kappa shape index (κ2) is 10.6. The molecule has 0 atom stereocenters. The first kappa shape index (κ1) is 22.4. The van der Waals surface area contributed by atoms with Gasteiger partial charge >= 0.3 is 0 Å². The molecule has 30 heavy (non-hydrogen) atoms. The van der Waals surface area contributed by atoms with Crippen LogP contribution < -0.4 is 15.5 Å². The lowest BCUT2D eigenvalue weighted by Gasteiger charge is -2.32. The number of para-hydroxylation sites is 1. The molecule has 9 heteroatoms. The van der Waals surface area contributed by atoms with Crippen molar-refractivity contribution in [2.45, 2.75) is 37.8 Å². The summed E-state index contributed by atoms with van der Waals surface area (Å²) in [5, 5.41) is 15.5. The number of halogens is 1. The average molecular weight is 448 g/mol. The molecular formula is C21H26ClN5O2S. The maximum atomic E-state index is 12.2. The molecule has 1 aromatic carbocycles. The number of aromatic nitrogens is 2. The number of anilines is 2. The van der Waals surface area contributed by atoms with Gasteiger partial charge in [0.2, 0.25) is 11.8 Å². The third-order valence-electron chi connectivity index (χ3n) is 4.75. The molecule has 160 valence electrons. The van der Waals surface area contributed by atoms with E-state index < -0.39 is 0 Å². The fourth-order valence-electron chi connectivity index (χ4n) is 3.22. The average Bonchev–Trinajstić information content (AvgIpc) is 2.74. The van der Waals surface area contributed by atoms with Crippen molar-refractivity contribution < 1.29 is 9.59 Å². The maximum absolute atomic E-state index is 12.2. The Labute approximate surface area is 186 Å². The third-order valence-corrected chi connectivity index (χ3v) is 6.00. The molecule has 0 unspecified atom stereocenters. The van der Waals surface area contributed by atoms with Crippen molar-refractivity contribution in [1.82, 2.24) is 15.5 Å². The first-order chi connectivity index (χ1) is 14.4. The van der Waals surface area contributed by atoms with Crippen molar-refractivity contribution in [1.29, 1.82) is 0 Å². The highest BCUT2D eigenvalue weighted by Crippen LogP contribution is 2.24. The Hall–Kier alpha value is -2.32. The Bertz CT molecular complexity index is 870. The fourth-order valence-corrected chi connectivity index (χ4v) is 4.02. The second-order valence-electron chi connectivity index (χ2n) is 7.47. The third kappa shape index (κ3) is 6.34. The van der Waals surface area contributed by atoms with Crippen LogP contribution in [0.25, 0.3) is 0 Å². The van der Waals surface area contributed by atoms with Gasteiger partial charge < -0.3 is 15.5 Å². The van der Waals surface area contributed by atoms with E-state index in [2.05, 4.69) is 25.7 Å². The Morgan fingerprint density at radius 2 is 1.90 bits per heavy atom. The van der Waals surface area contributed by atoms with Crippen LogP contribution in [0.3, 0.4) is 0 Å². The zero-order valence-electron chi connectivity index (χ0n) is 17.1. The summed E-state index contributed by atoms with van der Waals surface area (Å²) in [6.45, 7) is 5.50. The fraction of sp³-hybridized carbons (Fsp3) is 0.429. The number of nitrogens with one attached hydrogen (secondary N) is 2. The summed E-state index contributed by atoms with van der Waals surface area (Å²) < 4.78 is 0. The summed E-state index contributed by atoms with van der Waals surface area (Å²) in [5.41, 5.74) is 0.594. The zero-order chi connectivity index (χ0) is 21.5. The SMILES string of the molecule is CC(C)NC(=O)C1CCN(c2ccc(SCC(=O)Nc3ccccc3Cl)nn2)CC1.